The molecule has 2 aliphatic rings. The molecule has 132 valence electrons. The number of nitrogens with zero attached hydrogens (tertiary/aromatic N) is 3. The molecule has 1 spiro atoms. The Balaban J connectivity index is 1.32. The van der Waals surface area contributed by atoms with Crippen LogP contribution in [-0.2, 0) is 16.1 Å². The summed E-state index contributed by atoms with van der Waals surface area (Å²) in [6.45, 7) is 4.56. The van der Waals surface area contributed by atoms with Crippen molar-refractivity contribution in [3.05, 3.63) is 46.2 Å². The number of aryl methyl sites for hydroxylation is 1. The zero-order valence-corrected chi connectivity index (χ0v) is 15.0. The largest absolute Gasteiger partial charge is 0.373 e. The summed E-state index contributed by atoms with van der Waals surface area (Å²) in [6, 6.07) is 2.00. The monoisotopic (exact) mass is 359 g/mol. The van der Waals surface area contributed by atoms with Crippen molar-refractivity contribution in [2.24, 2.45) is 0 Å². The van der Waals surface area contributed by atoms with E-state index in [4.69, 9.17) is 9.47 Å². The molecule has 2 aromatic rings. The third kappa shape index (κ3) is 3.44. The minimum Gasteiger partial charge on any atom is -0.373 e. The minimum absolute atomic E-state index is 0.00972. The molecule has 2 aromatic heterocycles. The fourth-order valence-electron chi connectivity index (χ4n) is 3.47. The summed E-state index contributed by atoms with van der Waals surface area (Å²) in [5, 5.41) is 1.79. The maximum atomic E-state index is 12.3. The highest BCUT2D eigenvalue weighted by molar-refractivity contribution is 7.07. The summed E-state index contributed by atoms with van der Waals surface area (Å²) in [4.78, 5) is 22.4. The molecular weight excluding hydrogens is 338 g/mol. The van der Waals surface area contributed by atoms with Crippen LogP contribution in [0.4, 0.5) is 0 Å². The second kappa shape index (κ2) is 6.82. The number of ether oxygens (including phenoxy) is 2. The van der Waals surface area contributed by atoms with Crippen molar-refractivity contribution >= 4 is 17.2 Å². The second-order valence-electron chi connectivity index (χ2n) is 6.79. The van der Waals surface area contributed by atoms with Gasteiger partial charge >= 0.3 is 0 Å². The van der Waals surface area contributed by atoms with Gasteiger partial charge in [-0.15, -0.1) is 11.3 Å². The van der Waals surface area contributed by atoms with Gasteiger partial charge in [-0.25, -0.2) is 4.98 Å². The van der Waals surface area contributed by atoms with Gasteiger partial charge in [-0.1, -0.05) is 0 Å². The fraction of sp³-hybridized carbons (Fsp3) is 0.500. The maximum Gasteiger partial charge on any atom is 0.273 e. The molecule has 4 heterocycles. The summed E-state index contributed by atoms with van der Waals surface area (Å²) >= 11 is 1.44. The van der Waals surface area contributed by atoms with E-state index in [1.165, 1.54) is 16.9 Å². The first-order valence-electron chi connectivity index (χ1n) is 8.48. The quantitative estimate of drug-likeness (QED) is 0.839. The predicted octanol–water partition coefficient (Wildman–Crippen LogP) is 2.44. The zero-order valence-electron chi connectivity index (χ0n) is 14.2. The standard InChI is InChI=1S/C18H21N3O3S/c1-13-2-4-19-7-14(13)8-23-15-3-5-24-18(6-15)10-21(11-18)17(22)16-9-25-12-20-16/h2,4,7,9,12,15H,3,5-6,8,10-11H2,1H3/t15-/m0/s1. The van der Waals surface area contributed by atoms with Gasteiger partial charge in [0.25, 0.3) is 5.91 Å². The van der Waals surface area contributed by atoms with E-state index in [0.717, 1.165) is 18.4 Å². The van der Waals surface area contributed by atoms with Crippen LogP contribution in [0.5, 0.6) is 0 Å². The molecule has 7 heteroatoms. The Morgan fingerprint density at radius 2 is 2.40 bits per heavy atom. The molecule has 0 aromatic carbocycles. The number of carbonyl (C=O) groups is 1. The highest BCUT2D eigenvalue weighted by Crippen LogP contribution is 2.36. The lowest BCUT2D eigenvalue weighted by atomic mass is 9.84. The zero-order chi connectivity index (χ0) is 17.3. The highest BCUT2D eigenvalue weighted by atomic mass is 32.1. The molecule has 6 nitrogen and oxygen atoms in total. The Kier molecular flexibility index (Phi) is 4.54. The SMILES string of the molecule is Cc1ccncc1CO[C@H]1CCOC2(C1)CN(C(=O)c1cscn1)C2. The lowest BCUT2D eigenvalue weighted by Crippen LogP contribution is -2.67. The second-order valence-corrected chi connectivity index (χ2v) is 7.51. The first kappa shape index (κ1) is 16.6. The van der Waals surface area contributed by atoms with Crippen molar-refractivity contribution in [1.29, 1.82) is 0 Å². The number of pyridine rings is 1. The van der Waals surface area contributed by atoms with Crippen LogP contribution in [0.2, 0.25) is 0 Å². The molecule has 0 saturated carbocycles. The first-order chi connectivity index (χ1) is 12.2. The van der Waals surface area contributed by atoms with Gasteiger partial charge in [0, 0.05) is 30.8 Å². The number of aromatic nitrogens is 2. The number of likely N-dealkylation sites (tertiary alicyclic amines) is 1. The molecule has 0 N–H and O–H groups in total. The molecule has 0 radical (unpaired) electrons. The smallest absolute Gasteiger partial charge is 0.273 e. The Hall–Kier alpha value is -1.83. The maximum absolute atomic E-state index is 12.3. The number of amides is 1. The number of hydrogen-bond acceptors (Lipinski definition) is 6. The third-order valence-corrected chi connectivity index (χ3v) is 5.55. The van der Waals surface area contributed by atoms with E-state index in [9.17, 15) is 4.79 Å². The minimum atomic E-state index is -0.251. The molecule has 0 aliphatic carbocycles. The predicted molar refractivity (Wildman–Crippen MR) is 93.5 cm³/mol. The van der Waals surface area contributed by atoms with Gasteiger partial charge in [0.1, 0.15) is 11.3 Å². The van der Waals surface area contributed by atoms with Crippen LogP contribution in [0.3, 0.4) is 0 Å². The number of rotatable bonds is 4. The van der Waals surface area contributed by atoms with E-state index in [1.54, 1.807) is 17.1 Å². The Morgan fingerprint density at radius 1 is 1.52 bits per heavy atom. The summed E-state index contributed by atoms with van der Waals surface area (Å²) in [7, 11) is 0. The molecule has 2 saturated heterocycles. The van der Waals surface area contributed by atoms with Gasteiger partial charge in [0.05, 0.1) is 31.3 Å². The van der Waals surface area contributed by atoms with Gasteiger partial charge in [-0.05, 0) is 30.5 Å². The Morgan fingerprint density at radius 3 is 3.16 bits per heavy atom. The van der Waals surface area contributed by atoms with Crippen LogP contribution < -0.4 is 0 Å². The Labute approximate surface area is 150 Å². The lowest BCUT2D eigenvalue weighted by Gasteiger charge is -2.52. The van der Waals surface area contributed by atoms with Gasteiger partial charge in [0.15, 0.2) is 0 Å². The summed E-state index contributed by atoms with van der Waals surface area (Å²) in [5.74, 6) is -0.00972. The van der Waals surface area contributed by atoms with Crippen molar-refractivity contribution in [2.75, 3.05) is 19.7 Å². The van der Waals surface area contributed by atoms with Crippen LogP contribution in [0.1, 0.15) is 34.5 Å². The van der Waals surface area contributed by atoms with E-state index in [-0.39, 0.29) is 17.6 Å². The topological polar surface area (TPSA) is 64.6 Å². The molecule has 4 rings (SSSR count). The normalized spacial score (nSPS) is 22.0. The molecular formula is C18H21N3O3S. The average Bonchev–Trinajstić information content (AvgIpc) is 3.13. The van der Waals surface area contributed by atoms with Gasteiger partial charge in [0.2, 0.25) is 0 Å². The fourth-order valence-corrected chi connectivity index (χ4v) is 4.00. The molecule has 25 heavy (non-hydrogen) atoms. The van der Waals surface area contributed by atoms with E-state index in [1.807, 2.05) is 17.2 Å². The van der Waals surface area contributed by atoms with E-state index < -0.39 is 0 Å². The van der Waals surface area contributed by atoms with Crippen LogP contribution in [0, 0.1) is 6.92 Å². The summed E-state index contributed by atoms with van der Waals surface area (Å²) < 4.78 is 12.1. The van der Waals surface area contributed by atoms with E-state index >= 15 is 0 Å². The first-order valence-corrected chi connectivity index (χ1v) is 9.42. The van der Waals surface area contributed by atoms with Crippen molar-refractivity contribution in [1.82, 2.24) is 14.9 Å². The highest BCUT2D eigenvalue weighted by Gasteiger charge is 2.49. The summed E-state index contributed by atoms with van der Waals surface area (Å²) in [6.07, 6.45) is 5.53. The van der Waals surface area contributed by atoms with E-state index in [0.29, 0.717) is 32.0 Å². The van der Waals surface area contributed by atoms with Gasteiger partial charge in [-0.3, -0.25) is 9.78 Å². The average molecular weight is 359 g/mol. The van der Waals surface area contributed by atoms with Crippen LogP contribution in [-0.4, -0.2) is 52.2 Å². The van der Waals surface area contributed by atoms with Crippen molar-refractivity contribution in [3.63, 3.8) is 0 Å². The van der Waals surface area contributed by atoms with Crippen molar-refractivity contribution in [2.45, 2.75) is 38.1 Å². The van der Waals surface area contributed by atoms with Crippen molar-refractivity contribution < 1.29 is 14.3 Å². The number of thiazole rings is 1. The molecule has 0 bridgehead atoms. The Bertz CT molecular complexity index is 744. The van der Waals surface area contributed by atoms with Gasteiger partial charge < -0.3 is 14.4 Å². The van der Waals surface area contributed by atoms with E-state index in [2.05, 4.69) is 16.9 Å². The van der Waals surface area contributed by atoms with Crippen LogP contribution >= 0.6 is 11.3 Å². The number of carbonyl (C=O) groups excluding carboxylic acids is 1. The van der Waals surface area contributed by atoms with Crippen molar-refractivity contribution in [3.8, 4) is 0 Å². The third-order valence-electron chi connectivity index (χ3n) is 4.97. The molecule has 1 atom stereocenters. The summed E-state index contributed by atoms with van der Waals surface area (Å²) in [5.41, 5.74) is 4.27. The molecule has 2 aliphatic heterocycles. The lowest BCUT2D eigenvalue weighted by molar-refractivity contribution is -0.188. The molecule has 2 fully saturated rings. The van der Waals surface area contributed by atoms with Gasteiger partial charge in [-0.2, -0.15) is 0 Å². The van der Waals surface area contributed by atoms with Crippen LogP contribution in [0.15, 0.2) is 29.4 Å². The number of hydrogen-bond donors (Lipinski definition) is 0. The molecule has 1 amide bonds. The molecule has 0 unspecified atom stereocenters. The van der Waals surface area contributed by atoms with Crippen LogP contribution in [0.25, 0.3) is 0 Å².